The third-order valence-corrected chi connectivity index (χ3v) is 22.2. The summed E-state index contributed by atoms with van der Waals surface area (Å²) in [6, 6.07) is 0. The van der Waals surface area contributed by atoms with Gasteiger partial charge < -0.3 is 0 Å². The quantitative estimate of drug-likeness (QED) is 0.0774. The minimum absolute atomic E-state index is 1.38. The van der Waals surface area contributed by atoms with E-state index in [1.165, 1.54) is 96.3 Å². The van der Waals surface area contributed by atoms with Gasteiger partial charge in [0.2, 0.25) is 0 Å². The molecule has 0 radical (unpaired) electrons. The molecule has 26 heavy (non-hydrogen) atoms. The summed E-state index contributed by atoms with van der Waals surface area (Å²) in [7, 11) is -1.54. The van der Waals surface area contributed by atoms with Crippen LogP contribution >= 0.6 is 20.2 Å². The molecule has 0 atom stereocenters. The molecule has 0 amide bonds. The van der Waals surface area contributed by atoms with E-state index in [-0.39, 0.29) is 0 Å². The summed E-state index contributed by atoms with van der Waals surface area (Å²) in [6.07, 6.45) is 26.6. The number of rotatable bonds is 21. The SMILES string of the molecule is CCCCCCC[CH2][Ge]([I])([CH2]CCCCCCC)[CH2]CCCCCCC. The molecular weight excluding hydrogens is 488 g/mol. The van der Waals surface area contributed by atoms with Crippen LogP contribution in [0.3, 0.4) is 0 Å². The number of unbranched alkanes of at least 4 members (excludes halogenated alkanes) is 15. The number of halogens is 1. The van der Waals surface area contributed by atoms with E-state index in [4.69, 9.17) is 0 Å². The number of hydrogen-bond acceptors (Lipinski definition) is 0. The average molecular weight is 539 g/mol. The monoisotopic (exact) mass is 540 g/mol. The van der Waals surface area contributed by atoms with Crippen molar-refractivity contribution in [2.75, 3.05) is 0 Å². The fourth-order valence-electron chi connectivity index (χ4n) is 4.04. The molecule has 0 unspecified atom stereocenters. The summed E-state index contributed by atoms with van der Waals surface area (Å²) >= 11 is 3.07. The zero-order chi connectivity index (χ0) is 19.3. The Kier molecular flexibility index (Phi) is 22.0. The van der Waals surface area contributed by atoms with Gasteiger partial charge in [-0.1, -0.05) is 0 Å². The Morgan fingerprint density at radius 2 is 0.615 bits per heavy atom. The first-order valence-corrected chi connectivity index (χ1v) is 23.2. The van der Waals surface area contributed by atoms with Crippen LogP contribution in [0.4, 0.5) is 0 Å². The van der Waals surface area contributed by atoms with Crippen molar-refractivity contribution in [1.29, 1.82) is 0 Å². The van der Waals surface area contributed by atoms with E-state index < -0.39 is 9.96 Å². The zero-order valence-electron chi connectivity index (χ0n) is 18.7. The Hall–Kier alpha value is 1.27. The molecule has 0 aliphatic rings. The minimum atomic E-state index is -1.54. The predicted molar refractivity (Wildman–Crippen MR) is 134 cm³/mol. The summed E-state index contributed by atoms with van der Waals surface area (Å²) < 4.78 is 0. The molecule has 0 aromatic rings. The van der Waals surface area contributed by atoms with Crippen LogP contribution in [0.15, 0.2) is 0 Å². The fourth-order valence-corrected chi connectivity index (χ4v) is 17.1. The Morgan fingerprint density at radius 1 is 0.385 bits per heavy atom. The summed E-state index contributed by atoms with van der Waals surface area (Å²) in [5.41, 5.74) is 0. The summed E-state index contributed by atoms with van der Waals surface area (Å²) in [4.78, 5) is 0. The van der Waals surface area contributed by atoms with E-state index >= 15 is 0 Å². The van der Waals surface area contributed by atoms with Crippen LogP contribution in [-0.2, 0) is 0 Å². The van der Waals surface area contributed by atoms with Crippen molar-refractivity contribution in [2.24, 2.45) is 0 Å². The molecule has 0 aromatic heterocycles. The van der Waals surface area contributed by atoms with Gasteiger partial charge in [-0.05, 0) is 0 Å². The van der Waals surface area contributed by atoms with E-state index in [9.17, 15) is 0 Å². The Labute approximate surface area is 181 Å². The molecule has 0 saturated carbocycles. The van der Waals surface area contributed by atoms with Crippen LogP contribution in [0.1, 0.15) is 136 Å². The van der Waals surface area contributed by atoms with Crippen molar-refractivity contribution in [2.45, 2.75) is 152 Å². The van der Waals surface area contributed by atoms with Gasteiger partial charge in [-0.2, -0.15) is 0 Å². The molecule has 2 heteroatoms. The van der Waals surface area contributed by atoms with Gasteiger partial charge in [-0.3, -0.25) is 0 Å². The van der Waals surface area contributed by atoms with Crippen LogP contribution in [0.5, 0.6) is 0 Å². The Morgan fingerprint density at radius 3 is 0.885 bits per heavy atom. The zero-order valence-corrected chi connectivity index (χ0v) is 23.0. The number of hydrogen-bond donors (Lipinski definition) is 0. The van der Waals surface area contributed by atoms with Gasteiger partial charge in [0.1, 0.15) is 0 Å². The van der Waals surface area contributed by atoms with Crippen LogP contribution < -0.4 is 0 Å². The van der Waals surface area contributed by atoms with Crippen molar-refractivity contribution >= 4 is 30.2 Å². The van der Waals surface area contributed by atoms with E-state index in [0.29, 0.717) is 0 Å². The maximum atomic E-state index is 3.07. The van der Waals surface area contributed by atoms with Crippen LogP contribution in [0.25, 0.3) is 0 Å². The fraction of sp³-hybridized carbons (Fsp3) is 1.00. The first-order chi connectivity index (χ1) is 12.7. The summed E-state index contributed by atoms with van der Waals surface area (Å²) in [5, 5.41) is 4.99. The molecule has 0 nitrogen and oxygen atoms in total. The first kappa shape index (κ1) is 27.3. The standard InChI is InChI=1S/C24H51GeI/c1-4-7-10-13-16-19-22-25(26,23-20-17-14-11-8-5-2)24-21-18-15-12-9-6-3/h4-24H2,1-3H3. The molecule has 0 spiro atoms. The van der Waals surface area contributed by atoms with Crippen LogP contribution in [0, 0.1) is 0 Å². The molecule has 0 bridgehead atoms. The Bertz CT molecular complexity index is 226. The van der Waals surface area contributed by atoms with Gasteiger partial charge in [0.05, 0.1) is 0 Å². The van der Waals surface area contributed by atoms with E-state index in [1.54, 1.807) is 35.0 Å². The molecule has 0 saturated heterocycles. The summed E-state index contributed by atoms with van der Waals surface area (Å²) in [5.74, 6) is 0. The first-order valence-electron chi connectivity index (χ1n) is 12.4. The van der Waals surface area contributed by atoms with Crippen LogP contribution in [-0.4, -0.2) is 9.96 Å². The van der Waals surface area contributed by atoms with Crippen molar-refractivity contribution < 1.29 is 0 Å². The predicted octanol–water partition coefficient (Wildman–Crippen LogP) is 10.4. The van der Waals surface area contributed by atoms with Crippen LogP contribution in [0.2, 0.25) is 15.8 Å². The van der Waals surface area contributed by atoms with Gasteiger partial charge in [0.25, 0.3) is 0 Å². The van der Waals surface area contributed by atoms with Crippen molar-refractivity contribution in [3.8, 4) is 0 Å². The van der Waals surface area contributed by atoms with Gasteiger partial charge in [-0.15, -0.1) is 0 Å². The molecule has 0 N–H and O–H groups in total. The topological polar surface area (TPSA) is 0 Å². The van der Waals surface area contributed by atoms with Crippen molar-refractivity contribution in [3.63, 3.8) is 0 Å². The van der Waals surface area contributed by atoms with Gasteiger partial charge in [0, 0.05) is 0 Å². The Balaban J connectivity index is 4.02. The second-order valence-electron chi connectivity index (χ2n) is 8.70. The molecule has 0 rings (SSSR count). The molecule has 0 aromatic carbocycles. The van der Waals surface area contributed by atoms with Crippen molar-refractivity contribution in [3.05, 3.63) is 0 Å². The molecular formula is C24H51GeI. The molecule has 0 heterocycles. The van der Waals surface area contributed by atoms with Gasteiger partial charge >= 0.3 is 182 Å². The van der Waals surface area contributed by atoms with E-state index in [1.807, 2.05) is 0 Å². The third-order valence-electron chi connectivity index (χ3n) is 5.94. The van der Waals surface area contributed by atoms with E-state index in [0.717, 1.165) is 0 Å². The van der Waals surface area contributed by atoms with Gasteiger partial charge in [0.15, 0.2) is 0 Å². The third kappa shape index (κ3) is 18.6. The second-order valence-corrected chi connectivity index (χ2v) is 28.6. The molecule has 0 aliphatic heterocycles. The molecule has 158 valence electrons. The summed E-state index contributed by atoms with van der Waals surface area (Å²) in [6.45, 7) is 6.98. The maximum absolute atomic E-state index is 3.07. The second kappa shape index (κ2) is 21.0. The normalized spacial score (nSPS) is 12.0. The average Bonchev–Trinajstić information content (AvgIpc) is 2.64. The van der Waals surface area contributed by atoms with Gasteiger partial charge in [-0.25, -0.2) is 0 Å². The van der Waals surface area contributed by atoms with Crippen molar-refractivity contribution in [1.82, 2.24) is 0 Å². The molecule has 0 aliphatic carbocycles. The molecule has 0 fully saturated rings. The van der Waals surface area contributed by atoms with E-state index in [2.05, 4.69) is 41.0 Å².